The van der Waals surface area contributed by atoms with Crippen LogP contribution in [-0.4, -0.2) is 18.1 Å². The Balaban J connectivity index is 2.74. The van der Waals surface area contributed by atoms with Crippen LogP contribution in [0.25, 0.3) is 0 Å². The summed E-state index contributed by atoms with van der Waals surface area (Å²) >= 11 is 0. The maximum Gasteiger partial charge on any atom is 0.326 e. The molecule has 0 radical (unpaired) electrons. The highest BCUT2D eigenvalue weighted by atomic mass is 16.5. The zero-order valence-electron chi connectivity index (χ0n) is 10.3. The Labute approximate surface area is 92.4 Å². The van der Waals surface area contributed by atoms with Crippen LogP contribution in [0.2, 0.25) is 0 Å². The van der Waals surface area contributed by atoms with Crippen molar-refractivity contribution in [3.63, 3.8) is 0 Å². The van der Waals surface area contributed by atoms with E-state index in [1.807, 2.05) is 6.92 Å². The van der Waals surface area contributed by atoms with Gasteiger partial charge in [-0.25, -0.2) is 0 Å². The molecule has 0 heterocycles. The highest BCUT2D eigenvalue weighted by Crippen LogP contribution is 2.43. The summed E-state index contributed by atoms with van der Waals surface area (Å²) in [5.41, 5.74) is 5.72. The van der Waals surface area contributed by atoms with Crippen molar-refractivity contribution in [3.05, 3.63) is 0 Å². The largest absolute Gasteiger partial charge is 0.465 e. The Kier molecular flexibility index (Phi) is 3.44. The molecule has 0 aromatic rings. The summed E-state index contributed by atoms with van der Waals surface area (Å²) in [7, 11) is 0. The summed E-state index contributed by atoms with van der Waals surface area (Å²) < 4.78 is 5.06. The molecule has 1 aliphatic rings. The minimum Gasteiger partial charge on any atom is -0.465 e. The monoisotopic (exact) mass is 213 g/mol. The molecule has 0 spiro atoms. The fourth-order valence-corrected chi connectivity index (χ4v) is 2.47. The molecule has 2 atom stereocenters. The van der Waals surface area contributed by atoms with Crippen molar-refractivity contribution in [1.82, 2.24) is 0 Å². The van der Waals surface area contributed by atoms with Crippen LogP contribution in [0.15, 0.2) is 0 Å². The van der Waals surface area contributed by atoms with Crippen molar-refractivity contribution in [1.29, 1.82) is 0 Å². The summed E-state index contributed by atoms with van der Waals surface area (Å²) in [6.45, 7) is 8.74. The Hall–Kier alpha value is -0.570. The molecule has 3 nitrogen and oxygen atoms in total. The Morgan fingerprint density at radius 2 is 2.07 bits per heavy atom. The van der Waals surface area contributed by atoms with Gasteiger partial charge >= 0.3 is 5.97 Å². The van der Waals surface area contributed by atoms with E-state index in [4.69, 9.17) is 10.5 Å². The predicted octanol–water partition coefficient (Wildman–Crippen LogP) is 2.09. The topological polar surface area (TPSA) is 52.3 Å². The van der Waals surface area contributed by atoms with Crippen LogP contribution < -0.4 is 5.73 Å². The lowest BCUT2D eigenvalue weighted by Gasteiger charge is -2.44. The molecule has 2 N–H and O–H groups in total. The minimum atomic E-state index is -0.758. The van der Waals surface area contributed by atoms with E-state index in [0.29, 0.717) is 12.0 Å². The molecule has 1 saturated carbocycles. The van der Waals surface area contributed by atoms with Crippen molar-refractivity contribution in [2.75, 3.05) is 6.61 Å². The van der Waals surface area contributed by atoms with Crippen LogP contribution in [-0.2, 0) is 9.53 Å². The van der Waals surface area contributed by atoms with Crippen molar-refractivity contribution >= 4 is 5.97 Å². The van der Waals surface area contributed by atoms with E-state index in [1.54, 1.807) is 0 Å². The zero-order valence-corrected chi connectivity index (χ0v) is 10.3. The van der Waals surface area contributed by atoms with E-state index < -0.39 is 5.54 Å². The lowest BCUT2D eigenvalue weighted by molar-refractivity contribution is -0.154. The Morgan fingerprint density at radius 3 is 2.53 bits per heavy atom. The number of carbonyl (C=O) groups excluding carboxylic acids is 1. The van der Waals surface area contributed by atoms with E-state index in [2.05, 4.69) is 20.8 Å². The van der Waals surface area contributed by atoms with Gasteiger partial charge in [-0.15, -0.1) is 0 Å². The van der Waals surface area contributed by atoms with Gasteiger partial charge in [0.25, 0.3) is 0 Å². The molecule has 0 bridgehead atoms. The van der Waals surface area contributed by atoms with Crippen LogP contribution in [0.4, 0.5) is 0 Å². The zero-order chi connectivity index (χ0) is 11.7. The van der Waals surface area contributed by atoms with Gasteiger partial charge in [0.15, 0.2) is 0 Å². The molecule has 0 aromatic heterocycles. The molecule has 88 valence electrons. The number of nitrogens with two attached hydrogens (primary N) is 1. The van der Waals surface area contributed by atoms with Crippen LogP contribution in [0.5, 0.6) is 0 Å². The smallest absolute Gasteiger partial charge is 0.326 e. The van der Waals surface area contributed by atoms with E-state index in [0.717, 1.165) is 19.3 Å². The van der Waals surface area contributed by atoms with Crippen molar-refractivity contribution < 1.29 is 9.53 Å². The Bertz CT molecular complexity index is 250. The molecular formula is C12H23NO2. The maximum absolute atomic E-state index is 11.8. The second-order valence-corrected chi connectivity index (χ2v) is 5.53. The van der Waals surface area contributed by atoms with Gasteiger partial charge in [-0.05, 0) is 37.5 Å². The Morgan fingerprint density at radius 1 is 1.47 bits per heavy atom. The van der Waals surface area contributed by atoms with Crippen LogP contribution in [0.3, 0.4) is 0 Å². The fourth-order valence-electron chi connectivity index (χ4n) is 2.47. The molecule has 0 amide bonds. The molecule has 1 rings (SSSR count). The van der Waals surface area contributed by atoms with Crippen LogP contribution in [0, 0.1) is 11.3 Å². The SMILES string of the molecule is CCOC(=O)C1(N)CCC(C)(C)CC1C. The first kappa shape index (κ1) is 12.5. The summed E-state index contributed by atoms with van der Waals surface area (Å²) in [6, 6.07) is 0. The molecule has 2 unspecified atom stereocenters. The number of ether oxygens (including phenoxy) is 1. The fraction of sp³-hybridized carbons (Fsp3) is 0.917. The van der Waals surface area contributed by atoms with E-state index >= 15 is 0 Å². The first-order chi connectivity index (χ1) is 6.82. The molecule has 0 saturated heterocycles. The minimum absolute atomic E-state index is 0.195. The number of carbonyl (C=O) groups is 1. The van der Waals surface area contributed by atoms with Gasteiger partial charge in [0.05, 0.1) is 6.61 Å². The average molecular weight is 213 g/mol. The third-order valence-corrected chi connectivity index (χ3v) is 3.61. The van der Waals surface area contributed by atoms with Gasteiger partial charge in [0.1, 0.15) is 5.54 Å². The first-order valence-electron chi connectivity index (χ1n) is 5.78. The quantitative estimate of drug-likeness (QED) is 0.715. The lowest BCUT2D eigenvalue weighted by Crippen LogP contribution is -2.57. The van der Waals surface area contributed by atoms with E-state index in [-0.39, 0.29) is 11.9 Å². The van der Waals surface area contributed by atoms with Gasteiger partial charge in [-0.1, -0.05) is 20.8 Å². The van der Waals surface area contributed by atoms with Gasteiger partial charge in [0.2, 0.25) is 0 Å². The highest BCUT2D eigenvalue weighted by Gasteiger charge is 2.47. The number of hydrogen-bond acceptors (Lipinski definition) is 3. The molecule has 1 aliphatic carbocycles. The normalized spacial score (nSPS) is 34.9. The molecular weight excluding hydrogens is 190 g/mol. The average Bonchev–Trinajstić information content (AvgIpc) is 2.12. The summed E-state index contributed by atoms with van der Waals surface area (Å²) in [4.78, 5) is 11.8. The summed E-state index contributed by atoms with van der Waals surface area (Å²) in [6.07, 6.45) is 2.72. The molecule has 15 heavy (non-hydrogen) atoms. The van der Waals surface area contributed by atoms with E-state index in [9.17, 15) is 4.79 Å². The number of hydrogen-bond donors (Lipinski definition) is 1. The predicted molar refractivity (Wildman–Crippen MR) is 60.3 cm³/mol. The van der Waals surface area contributed by atoms with Crippen LogP contribution in [0.1, 0.15) is 47.0 Å². The first-order valence-corrected chi connectivity index (χ1v) is 5.78. The van der Waals surface area contributed by atoms with Crippen molar-refractivity contribution in [2.45, 2.75) is 52.5 Å². The van der Waals surface area contributed by atoms with Gasteiger partial charge in [-0.2, -0.15) is 0 Å². The maximum atomic E-state index is 11.8. The molecule has 0 aromatic carbocycles. The second kappa shape index (κ2) is 4.12. The highest BCUT2D eigenvalue weighted by molar-refractivity contribution is 5.81. The number of esters is 1. The number of rotatable bonds is 2. The van der Waals surface area contributed by atoms with Gasteiger partial charge < -0.3 is 10.5 Å². The molecule has 1 fully saturated rings. The lowest BCUT2D eigenvalue weighted by atomic mass is 9.64. The van der Waals surface area contributed by atoms with Crippen molar-refractivity contribution in [3.8, 4) is 0 Å². The molecule has 3 heteroatoms. The summed E-state index contributed by atoms with van der Waals surface area (Å²) in [5.74, 6) is -0.0340. The molecule has 0 aliphatic heterocycles. The van der Waals surface area contributed by atoms with Crippen molar-refractivity contribution in [2.24, 2.45) is 17.1 Å². The third-order valence-electron chi connectivity index (χ3n) is 3.61. The van der Waals surface area contributed by atoms with Gasteiger partial charge in [-0.3, -0.25) is 4.79 Å². The van der Waals surface area contributed by atoms with E-state index in [1.165, 1.54) is 0 Å². The summed E-state index contributed by atoms with van der Waals surface area (Å²) in [5, 5.41) is 0. The van der Waals surface area contributed by atoms with Gasteiger partial charge in [0, 0.05) is 0 Å². The van der Waals surface area contributed by atoms with Crippen LogP contribution >= 0.6 is 0 Å². The third kappa shape index (κ3) is 2.51. The standard InChI is InChI=1S/C12H23NO2/c1-5-15-10(14)12(13)7-6-11(3,4)8-9(12)2/h9H,5-8,13H2,1-4H3. The second-order valence-electron chi connectivity index (χ2n) is 5.53.